The Balaban J connectivity index is 1.36. The summed E-state index contributed by atoms with van der Waals surface area (Å²) in [5, 5.41) is 1.03. The van der Waals surface area contributed by atoms with Gasteiger partial charge in [0.1, 0.15) is 17.9 Å². The van der Waals surface area contributed by atoms with Gasteiger partial charge in [-0.1, -0.05) is 18.2 Å². The maximum atomic E-state index is 13.4. The topological polar surface area (TPSA) is 87.8 Å². The molecule has 2 amide bonds. The van der Waals surface area contributed by atoms with E-state index in [0.717, 1.165) is 16.5 Å². The molecule has 32 heavy (non-hydrogen) atoms. The number of morpholine rings is 1. The molecule has 4 heterocycles. The van der Waals surface area contributed by atoms with E-state index in [1.807, 2.05) is 36.5 Å². The normalized spacial score (nSPS) is 21.1. The van der Waals surface area contributed by atoms with Crippen LogP contribution in [0, 0.1) is 0 Å². The molecule has 1 N–H and O–H groups in total. The Bertz CT molecular complexity index is 1090. The molecular formula is C24H26N4O4. The van der Waals surface area contributed by atoms with E-state index < -0.39 is 6.04 Å². The number of fused-ring (bicyclic) bond motifs is 1. The van der Waals surface area contributed by atoms with E-state index in [1.54, 1.807) is 28.3 Å². The molecule has 8 heteroatoms. The van der Waals surface area contributed by atoms with Gasteiger partial charge in [0.15, 0.2) is 0 Å². The summed E-state index contributed by atoms with van der Waals surface area (Å²) in [6.45, 7) is 2.52. The molecule has 2 atom stereocenters. The fraction of sp³-hybridized carbons (Fsp3) is 0.375. The number of likely N-dealkylation sites (tertiary alicyclic amines) is 1. The van der Waals surface area contributed by atoms with Crippen LogP contribution in [0.15, 0.2) is 55.0 Å². The summed E-state index contributed by atoms with van der Waals surface area (Å²) >= 11 is 0. The zero-order valence-corrected chi connectivity index (χ0v) is 17.8. The van der Waals surface area contributed by atoms with E-state index in [4.69, 9.17) is 9.47 Å². The summed E-state index contributed by atoms with van der Waals surface area (Å²) in [5.41, 5.74) is 1.93. The van der Waals surface area contributed by atoms with Gasteiger partial charge >= 0.3 is 0 Å². The number of para-hydroxylation sites is 1. The van der Waals surface area contributed by atoms with Crippen LogP contribution in [0.3, 0.4) is 0 Å². The summed E-state index contributed by atoms with van der Waals surface area (Å²) in [5.74, 6) is 0.539. The summed E-state index contributed by atoms with van der Waals surface area (Å²) in [6.07, 6.45) is 5.64. The first kappa shape index (κ1) is 20.5. The van der Waals surface area contributed by atoms with Crippen LogP contribution >= 0.6 is 0 Å². The third-order valence-corrected chi connectivity index (χ3v) is 6.14. The van der Waals surface area contributed by atoms with Gasteiger partial charge in [0.25, 0.3) is 0 Å². The molecule has 0 saturated carbocycles. The van der Waals surface area contributed by atoms with Crippen LogP contribution in [0.2, 0.25) is 0 Å². The molecule has 0 bridgehead atoms. The van der Waals surface area contributed by atoms with Gasteiger partial charge in [-0.25, -0.2) is 0 Å². The molecule has 0 radical (unpaired) electrons. The minimum absolute atomic E-state index is 0.0298. The van der Waals surface area contributed by atoms with E-state index in [2.05, 4.69) is 9.97 Å². The number of nitrogens with one attached hydrogen (secondary N) is 1. The lowest BCUT2D eigenvalue weighted by Gasteiger charge is -2.32. The number of H-pyrrole nitrogens is 1. The number of benzene rings is 1. The van der Waals surface area contributed by atoms with Gasteiger partial charge in [-0.15, -0.1) is 0 Å². The van der Waals surface area contributed by atoms with Crippen molar-refractivity contribution in [3.63, 3.8) is 0 Å². The number of amides is 2. The van der Waals surface area contributed by atoms with Gasteiger partial charge in [-0.05, 0) is 23.8 Å². The van der Waals surface area contributed by atoms with Crippen molar-refractivity contribution >= 4 is 22.7 Å². The number of aromatic nitrogens is 2. The maximum absolute atomic E-state index is 13.4. The molecule has 0 aliphatic carbocycles. The van der Waals surface area contributed by atoms with E-state index in [-0.39, 0.29) is 24.3 Å². The molecule has 2 fully saturated rings. The fourth-order valence-corrected chi connectivity index (χ4v) is 4.54. The van der Waals surface area contributed by atoms with Crippen LogP contribution in [0.4, 0.5) is 0 Å². The molecule has 1 aromatic carbocycles. The second-order valence-corrected chi connectivity index (χ2v) is 8.20. The second-order valence-electron chi connectivity index (χ2n) is 8.20. The van der Waals surface area contributed by atoms with E-state index in [1.165, 1.54) is 0 Å². The lowest BCUT2D eigenvalue weighted by molar-refractivity contribution is -0.146. The molecular weight excluding hydrogens is 408 g/mol. The monoisotopic (exact) mass is 434 g/mol. The first-order valence-electron chi connectivity index (χ1n) is 11.0. The average Bonchev–Trinajstić information content (AvgIpc) is 3.44. The lowest BCUT2D eigenvalue weighted by atomic mass is 10.1. The van der Waals surface area contributed by atoms with Crippen LogP contribution in [0.25, 0.3) is 10.9 Å². The van der Waals surface area contributed by atoms with E-state index >= 15 is 0 Å². The van der Waals surface area contributed by atoms with Crippen LogP contribution in [-0.4, -0.2) is 76.6 Å². The fourth-order valence-electron chi connectivity index (χ4n) is 4.54. The van der Waals surface area contributed by atoms with Gasteiger partial charge in [0.2, 0.25) is 11.8 Å². The van der Waals surface area contributed by atoms with Gasteiger partial charge in [-0.3, -0.25) is 14.6 Å². The number of hydrogen-bond donors (Lipinski definition) is 1. The molecule has 0 spiro atoms. The van der Waals surface area contributed by atoms with Crippen molar-refractivity contribution in [2.75, 3.05) is 32.8 Å². The van der Waals surface area contributed by atoms with Crippen molar-refractivity contribution in [1.82, 2.24) is 19.8 Å². The Morgan fingerprint density at radius 1 is 1.16 bits per heavy atom. The van der Waals surface area contributed by atoms with Crippen molar-refractivity contribution in [1.29, 1.82) is 0 Å². The maximum Gasteiger partial charge on any atom is 0.245 e. The highest BCUT2D eigenvalue weighted by molar-refractivity contribution is 5.92. The number of rotatable bonds is 5. The smallest absolute Gasteiger partial charge is 0.245 e. The van der Waals surface area contributed by atoms with E-state index in [9.17, 15) is 9.59 Å². The van der Waals surface area contributed by atoms with Gasteiger partial charge in [-0.2, -0.15) is 0 Å². The molecule has 8 nitrogen and oxygen atoms in total. The Hall–Kier alpha value is -3.39. The number of carbonyl (C=O) groups is 2. The number of nitrogens with zero attached hydrogens (tertiary/aromatic N) is 3. The van der Waals surface area contributed by atoms with Crippen LogP contribution in [0.5, 0.6) is 5.75 Å². The van der Waals surface area contributed by atoms with Crippen molar-refractivity contribution in [2.45, 2.75) is 25.0 Å². The Labute approximate surface area is 186 Å². The summed E-state index contributed by atoms with van der Waals surface area (Å²) in [6, 6.07) is 11.0. The van der Waals surface area contributed by atoms with Crippen LogP contribution in [-0.2, 0) is 20.7 Å². The largest absolute Gasteiger partial charge is 0.487 e. The highest BCUT2D eigenvalue weighted by atomic mass is 16.5. The number of carbonyl (C=O) groups excluding carboxylic acids is 2. The summed E-state index contributed by atoms with van der Waals surface area (Å²) in [4.78, 5) is 37.5. The van der Waals surface area contributed by atoms with Crippen LogP contribution < -0.4 is 4.74 Å². The molecule has 5 rings (SSSR count). The van der Waals surface area contributed by atoms with Gasteiger partial charge in [0, 0.05) is 42.8 Å². The first-order chi connectivity index (χ1) is 15.7. The molecule has 2 aliphatic heterocycles. The number of hydrogen-bond acceptors (Lipinski definition) is 5. The van der Waals surface area contributed by atoms with Crippen LogP contribution in [0.1, 0.15) is 12.0 Å². The first-order valence-corrected chi connectivity index (χ1v) is 11.0. The second kappa shape index (κ2) is 9.00. The predicted octanol–water partition coefficient (Wildman–Crippen LogP) is 2.01. The Kier molecular flexibility index (Phi) is 5.77. The van der Waals surface area contributed by atoms with E-state index in [0.29, 0.717) is 45.0 Å². The Morgan fingerprint density at radius 3 is 2.81 bits per heavy atom. The van der Waals surface area contributed by atoms with Gasteiger partial charge in [0.05, 0.1) is 32.4 Å². The molecule has 2 saturated heterocycles. The Morgan fingerprint density at radius 2 is 2.00 bits per heavy atom. The highest BCUT2D eigenvalue weighted by Gasteiger charge is 2.42. The SMILES string of the molecule is O=C([C@@H]1C[C@H](Oc2cccnc2)CN1C(=O)Cc1c[nH]c2ccccc12)N1CCOCC1. The number of pyridine rings is 1. The predicted molar refractivity (Wildman–Crippen MR) is 118 cm³/mol. The van der Waals surface area contributed by atoms with Crippen molar-refractivity contribution in [2.24, 2.45) is 0 Å². The molecule has 0 unspecified atom stereocenters. The average molecular weight is 434 g/mol. The molecule has 2 aromatic heterocycles. The van der Waals surface area contributed by atoms with Crippen molar-refractivity contribution < 1.29 is 19.1 Å². The highest BCUT2D eigenvalue weighted by Crippen LogP contribution is 2.27. The van der Waals surface area contributed by atoms with Crippen molar-refractivity contribution in [3.8, 4) is 5.75 Å². The third kappa shape index (κ3) is 4.18. The number of ether oxygens (including phenoxy) is 2. The van der Waals surface area contributed by atoms with Gasteiger partial charge < -0.3 is 24.3 Å². The minimum atomic E-state index is -0.535. The molecule has 3 aromatic rings. The minimum Gasteiger partial charge on any atom is -0.487 e. The summed E-state index contributed by atoms with van der Waals surface area (Å²) in [7, 11) is 0. The van der Waals surface area contributed by atoms with Crippen molar-refractivity contribution in [3.05, 3.63) is 60.6 Å². The summed E-state index contributed by atoms with van der Waals surface area (Å²) < 4.78 is 11.5. The third-order valence-electron chi connectivity index (χ3n) is 6.14. The quantitative estimate of drug-likeness (QED) is 0.664. The zero-order valence-electron chi connectivity index (χ0n) is 17.8. The molecule has 2 aliphatic rings. The number of aromatic amines is 1. The molecule has 166 valence electrons. The standard InChI is InChI=1S/C24H26N4O4/c29-23(12-17-14-26-21-6-2-1-5-20(17)21)28-16-19(32-18-4-3-7-25-15-18)13-22(28)24(30)27-8-10-31-11-9-27/h1-7,14-15,19,22,26H,8-13,16H2/t19-,22-/m0/s1. The lowest BCUT2D eigenvalue weighted by Crippen LogP contribution is -2.51. The zero-order chi connectivity index (χ0) is 21.9.